The highest BCUT2D eigenvalue weighted by molar-refractivity contribution is 6.01. The van der Waals surface area contributed by atoms with Gasteiger partial charge in [-0.05, 0) is 41.7 Å². The fraction of sp³-hybridized carbons (Fsp3) is 0.217. The molecule has 0 bridgehead atoms. The highest BCUT2D eigenvalue weighted by Gasteiger charge is 2.32. The Morgan fingerprint density at radius 1 is 1.27 bits per heavy atom. The number of carbonyl (C=O) groups excluding carboxylic acids is 2. The maximum Gasteiger partial charge on any atom is 0.275 e. The molecule has 2 aromatic carbocycles. The molecule has 2 heterocycles. The minimum atomic E-state index is -1.11. The van der Waals surface area contributed by atoms with Crippen LogP contribution in [0.3, 0.4) is 0 Å². The van der Waals surface area contributed by atoms with Crippen molar-refractivity contribution < 1.29 is 22.8 Å². The van der Waals surface area contributed by atoms with E-state index in [1.807, 2.05) is 6.07 Å². The summed E-state index contributed by atoms with van der Waals surface area (Å²) in [4.78, 5) is 25.3. The molecular formula is C23H18F3N5O2. The van der Waals surface area contributed by atoms with Crippen LogP contribution in [-0.4, -0.2) is 27.6 Å². The average Bonchev–Trinajstić information content (AvgIpc) is 3.09. The van der Waals surface area contributed by atoms with Gasteiger partial charge in [-0.1, -0.05) is 19.1 Å². The van der Waals surface area contributed by atoms with Gasteiger partial charge in [-0.15, -0.1) is 0 Å². The number of nitriles is 1. The summed E-state index contributed by atoms with van der Waals surface area (Å²) in [5, 5.41) is 17.8. The van der Waals surface area contributed by atoms with Crippen molar-refractivity contribution in [1.29, 1.82) is 5.26 Å². The summed E-state index contributed by atoms with van der Waals surface area (Å²) in [5.41, 5.74) is 0.746. The molecule has 0 fully saturated rings. The lowest BCUT2D eigenvalue weighted by atomic mass is 9.94. The largest absolute Gasteiger partial charge is 0.339 e. The Morgan fingerprint density at radius 2 is 2.06 bits per heavy atom. The highest BCUT2D eigenvalue weighted by atomic mass is 19.1. The van der Waals surface area contributed by atoms with Crippen LogP contribution in [-0.2, 0) is 11.3 Å². The molecule has 1 aliphatic heterocycles. The van der Waals surface area contributed by atoms with Crippen LogP contribution < -0.4 is 10.6 Å². The summed E-state index contributed by atoms with van der Waals surface area (Å²) in [6.45, 7) is 1.79. The van der Waals surface area contributed by atoms with E-state index in [4.69, 9.17) is 5.26 Å². The first-order valence-electron chi connectivity index (χ1n) is 10.1. The van der Waals surface area contributed by atoms with Crippen molar-refractivity contribution in [3.63, 3.8) is 0 Å². The summed E-state index contributed by atoms with van der Waals surface area (Å²) in [6.07, 6.45) is 1.09. The van der Waals surface area contributed by atoms with Crippen LogP contribution in [0.2, 0.25) is 0 Å². The van der Waals surface area contributed by atoms with Crippen molar-refractivity contribution in [3.8, 4) is 6.07 Å². The quantitative estimate of drug-likeness (QED) is 0.632. The lowest BCUT2D eigenvalue weighted by Gasteiger charge is -2.17. The molecule has 0 saturated heterocycles. The van der Waals surface area contributed by atoms with Crippen LogP contribution in [0.25, 0.3) is 0 Å². The van der Waals surface area contributed by atoms with Gasteiger partial charge in [0.05, 0.1) is 30.1 Å². The predicted octanol–water partition coefficient (Wildman–Crippen LogP) is 3.46. The second-order valence-electron chi connectivity index (χ2n) is 7.84. The topological polar surface area (TPSA) is 99.8 Å². The van der Waals surface area contributed by atoms with E-state index in [9.17, 15) is 22.8 Å². The molecule has 0 spiro atoms. The molecule has 0 aliphatic carbocycles. The fourth-order valence-electron chi connectivity index (χ4n) is 3.82. The molecule has 33 heavy (non-hydrogen) atoms. The van der Waals surface area contributed by atoms with E-state index in [1.165, 1.54) is 4.68 Å². The standard InChI is InChI=1S/C23H18F3N5O2/c1-12-5-19(22(32)29-20-16(12)7-15(24)8-17(20)25)28-23(33)21-18(26)11-31(30-21)10-14-4-2-3-13(6-14)9-27/h2-4,6-8,11-12,19H,5,10H2,1H3,(H,28,33)(H,29,32)/t12-,19+/m0/s1. The Hall–Kier alpha value is -4.13. The van der Waals surface area contributed by atoms with Gasteiger partial charge in [0.2, 0.25) is 5.91 Å². The molecule has 7 nitrogen and oxygen atoms in total. The lowest BCUT2D eigenvalue weighted by molar-refractivity contribution is -0.118. The molecule has 2 N–H and O–H groups in total. The SMILES string of the molecule is C[C@H]1C[C@@H](NC(=O)c2nn(Cc3cccc(C#N)c3)cc2F)C(=O)Nc2c(F)cc(F)cc21. The zero-order valence-corrected chi connectivity index (χ0v) is 17.4. The Kier molecular flexibility index (Phi) is 5.87. The van der Waals surface area contributed by atoms with E-state index < -0.39 is 46.9 Å². The highest BCUT2D eigenvalue weighted by Crippen LogP contribution is 2.34. The summed E-state index contributed by atoms with van der Waals surface area (Å²) in [5.74, 6) is -4.66. The van der Waals surface area contributed by atoms with Gasteiger partial charge < -0.3 is 10.6 Å². The maximum absolute atomic E-state index is 14.4. The number of halogens is 3. The summed E-state index contributed by atoms with van der Waals surface area (Å²) < 4.78 is 43.5. The normalized spacial score (nSPS) is 17.5. The van der Waals surface area contributed by atoms with Crippen LogP contribution >= 0.6 is 0 Å². The summed E-state index contributed by atoms with van der Waals surface area (Å²) in [7, 11) is 0. The second kappa shape index (κ2) is 8.78. The molecule has 10 heteroatoms. The molecule has 168 valence electrons. The summed E-state index contributed by atoms with van der Waals surface area (Å²) in [6, 6.07) is 9.36. The van der Waals surface area contributed by atoms with E-state index in [-0.39, 0.29) is 24.2 Å². The number of hydrogen-bond acceptors (Lipinski definition) is 4. The number of carbonyl (C=O) groups is 2. The minimum absolute atomic E-state index is 0.0523. The van der Waals surface area contributed by atoms with Gasteiger partial charge in [0.1, 0.15) is 17.7 Å². The molecule has 1 aromatic heterocycles. The Balaban J connectivity index is 1.51. The molecule has 3 aromatic rings. The Morgan fingerprint density at radius 3 is 2.82 bits per heavy atom. The first kappa shape index (κ1) is 22.1. The number of nitrogens with zero attached hydrogens (tertiary/aromatic N) is 3. The van der Waals surface area contributed by atoms with Gasteiger partial charge in [0.25, 0.3) is 5.91 Å². The third-order valence-corrected chi connectivity index (χ3v) is 5.41. The number of amides is 2. The third-order valence-electron chi connectivity index (χ3n) is 5.41. The van der Waals surface area contributed by atoms with Crippen molar-refractivity contribution in [2.24, 2.45) is 0 Å². The zero-order chi connectivity index (χ0) is 23.7. The first-order valence-corrected chi connectivity index (χ1v) is 10.1. The molecular weight excluding hydrogens is 435 g/mol. The number of anilines is 1. The number of hydrogen-bond donors (Lipinski definition) is 2. The number of nitrogens with one attached hydrogen (secondary N) is 2. The molecule has 1 aliphatic rings. The predicted molar refractivity (Wildman–Crippen MR) is 112 cm³/mol. The molecule has 4 rings (SSSR count). The van der Waals surface area contributed by atoms with Gasteiger partial charge in [-0.2, -0.15) is 10.4 Å². The molecule has 2 atom stereocenters. The monoisotopic (exact) mass is 453 g/mol. The Labute approximate surface area is 186 Å². The van der Waals surface area contributed by atoms with E-state index in [1.54, 1.807) is 31.2 Å². The maximum atomic E-state index is 14.4. The van der Waals surface area contributed by atoms with Crippen LogP contribution in [0, 0.1) is 28.8 Å². The molecule has 0 radical (unpaired) electrons. The molecule has 0 unspecified atom stereocenters. The van der Waals surface area contributed by atoms with Gasteiger partial charge in [-0.3, -0.25) is 14.3 Å². The third kappa shape index (κ3) is 4.57. The van der Waals surface area contributed by atoms with Gasteiger partial charge >= 0.3 is 0 Å². The fourth-order valence-corrected chi connectivity index (χ4v) is 3.82. The zero-order valence-electron chi connectivity index (χ0n) is 17.4. The summed E-state index contributed by atoms with van der Waals surface area (Å²) >= 11 is 0. The van der Waals surface area contributed by atoms with E-state index >= 15 is 0 Å². The Bertz CT molecular complexity index is 1300. The van der Waals surface area contributed by atoms with Crippen LogP contribution in [0.1, 0.15) is 46.4 Å². The van der Waals surface area contributed by atoms with E-state index in [2.05, 4.69) is 15.7 Å². The van der Waals surface area contributed by atoms with Crippen molar-refractivity contribution in [3.05, 3.63) is 82.4 Å². The van der Waals surface area contributed by atoms with Crippen LogP contribution in [0.4, 0.5) is 18.9 Å². The number of fused-ring (bicyclic) bond motifs is 1. The molecule has 2 amide bonds. The lowest BCUT2D eigenvalue weighted by Crippen LogP contribution is -2.44. The van der Waals surface area contributed by atoms with Crippen LogP contribution in [0.15, 0.2) is 42.6 Å². The van der Waals surface area contributed by atoms with Gasteiger partial charge in [0, 0.05) is 6.07 Å². The van der Waals surface area contributed by atoms with E-state index in [0.29, 0.717) is 17.2 Å². The molecule has 0 saturated carbocycles. The average molecular weight is 453 g/mol. The van der Waals surface area contributed by atoms with Crippen molar-refractivity contribution in [1.82, 2.24) is 15.1 Å². The number of rotatable bonds is 4. The van der Waals surface area contributed by atoms with Crippen molar-refractivity contribution >= 4 is 17.5 Å². The minimum Gasteiger partial charge on any atom is -0.339 e. The second-order valence-corrected chi connectivity index (χ2v) is 7.84. The van der Waals surface area contributed by atoms with Gasteiger partial charge in [-0.25, -0.2) is 13.2 Å². The van der Waals surface area contributed by atoms with Gasteiger partial charge in [0.15, 0.2) is 11.5 Å². The number of benzene rings is 2. The van der Waals surface area contributed by atoms with Crippen LogP contribution in [0.5, 0.6) is 0 Å². The number of aromatic nitrogens is 2. The van der Waals surface area contributed by atoms with Crippen molar-refractivity contribution in [2.45, 2.75) is 31.8 Å². The first-order chi connectivity index (χ1) is 15.7. The van der Waals surface area contributed by atoms with Crippen molar-refractivity contribution in [2.75, 3.05) is 5.32 Å². The smallest absolute Gasteiger partial charge is 0.275 e. The van der Waals surface area contributed by atoms with E-state index in [0.717, 1.165) is 12.3 Å².